The standard InChI is InChI=1S/C15H23NO/c1-3-5-6-8-14(16-12-4-2)10-11-15-9-7-13-17-15/h1,7,9,13-14,16H,4-6,8,10-12H2,2H3. The number of hydrogen-bond acceptors (Lipinski definition) is 2. The molecule has 1 rings (SSSR count). The second-order valence-corrected chi connectivity index (χ2v) is 4.37. The van der Waals surface area contributed by atoms with Crippen LogP contribution in [-0.2, 0) is 6.42 Å². The molecule has 0 spiro atoms. The van der Waals surface area contributed by atoms with E-state index < -0.39 is 0 Å². The van der Waals surface area contributed by atoms with Gasteiger partial charge in [-0.2, -0.15) is 0 Å². The second kappa shape index (κ2) is 8.90. The zero-order valence-electron chi connectivity index (χ0n) is 10.7. The molecule has 0 bridgehead atoms. The van der Waals surface area contributed by atoms with Gasteiger partial charge in [0.15, 0.2) is 0 Å². The maximum Gasteiger partial charge on any atom is 0.103 e. The molecule has 0 fully saturated rings. The highest BCUT2D eigenvalue weighted by molar-refractivity contribution is 4.98. The Bertz CT molecular complexity index is 310. The fraction of sp³-hybridized carbons (Fsp3) is 0.600. The van der Waals surface area contributed by atoms with Crippen LogP contribution >= 0.6 is 0 Å². The van der Waals surface area contributed by atoms with Crippen molar-refractivity contribution in [1.82, 2.24) is 5.32 Å². The minimum atomic E-state index is 0.563. The lowest BCUT2D eigenvalue weighted by molar-refractivity contribution is 0.419. The Hall–Kier alpha value is -1.20. The van der Waals surface area contributed by atoms with Crippen LogP contribution in [-0.4, -0.2) is 12.6 Å². The first-order valence-electron chi connectivity index (χ1n) is 6.56. The van der Waals surface area contributed by atoms with E-state index in [9.17, 15) is 0 Å². The zero-order valence-corrected chi connectivity index (χ0v) is 10.7. The van der Waals surface area contributed by atoms with Crippen molar-refractivity contribution in [3.63, 3.8) is 0 Å². The van der Waals surface area contributed by atoms with Crippen LogP contribution in [0.2, 0.25) is 0 Å². The summed E-state index contributed by atoms with van der Waals surface area (Å²) in [4.78, 5) is 0. The van der Waals surface area contributed by atoms with Gasteiger partial charge in [0.05, 0.1) is 6.26 Å². The van der Waals surface area contributed by atoms with E-state index in [2.05, 4.69) is 18.2 Å². The van der Waals surface area contributed by atoms with Gasteiger partial charge in [0.1, 0.15) is 5.76 Å². The van der Waals surface area contributed by atoms with Crippen molar-refractivity contribution < 1.29 is 4.42 Å². The lowest BCUT2D eigenvalue weighted by Gasteiger charge is -2.17. The average molecular weight is 233 g/mol. The Kier molecular flexibility index (Phi) is 7.25. The molecule has 1 aromatic heterocycles. The zero-order chi connectivity index (χ0) is 12.3. The van der Waals surface area contributed by atoms with Gasteiger partial charge in [0.2, 0.25) is 0 Å². The van der Waals surface area contributed by atoms with Gasteiger partial charge in [-0.3, -0.25) is 0 Å². The number of hydrogen-bond donors (Lipinski definition) is 1. The lowest BCUT2D eigenvalue weighted by Crippen LogP contribution is -2.30. The van der Waals surface area contributed by atoms with E-state index >= 15 is 0 Å². The van der Waals surface area contributed by atoms with Crippen molar-refractivity contribution in [3.8, 4) is 12.3 Å². The summed E-state index contributed by atoms with van der Waals surface area (Å²) < 4.78 is 5.35. The van der Waals surface area contributed by atoms with Gasteiger partial charge in [-0.1, -0.05) is 6.92 Å². The van der Waals surface area contributed by atoms with Crippen molar-refractivity contribution >= 4 is 0 Å². The normalized spacial score (nSPS) is 12.2. The Balaban J connectivity index is 2.26. The molecule has 94 valence electrons. The Morgan fingerprint density at radius 3 is 3.00 bits per heavy atom. The van der Waals surface area contributed by atoms with Crippen LogP contribution < -0.4 is 5.32 Å². The average Bonchev–Trinajstić information content (AvgIpc) is 2.85. The van der Waals surface area contributed by atoms with E-state index in [1.54, 1.807) is 6.26 Å². The first-order chi connectivity index (χ1) is 8.36. The molecule has 0 aliphatic rings. The molecular weight excluding hydrogens is 210 g/mol. The third kappa shape index (κ3) is 6.19. The number of nitrogens with one attached hydrogen (secondary N) is 1. The smallest absolute Gasteiger partial charge is 0.103 e. The number of rotatable bonds is 9. The predicted octanol–water partition coefficient (Wildman–Crippen LogP) is 3.38. The first kappa shape index (κ1) is 13.9. The van der Waals surface area contributed by atoms with E-state index in [1.807, 2.05) is 12.1 Å². The van der Waals surface area contributed by atoms with Crippen LogP contribution in [0.3, 0.4) is 0 Å². The van der Waals surface area contributed by atoms with Crippen LogP contribution in [0, 0.1) is 12.3 Å². The maximum atomic E-state index is 5.35. The molecule has 2 nitrogen and oxygen atoms in total. The van der Waals surface area contributed by atoms with Crippen LogP contribution in [0.4, 0.5) is 0 Å². The molecule has 0 saturated carbocycles. The summed E-state index contributed by atoms with van der Waals surface area (Å²) in [5.74, 6) is 3.78. The third-order valence-corrected chi connectivity index (χ3v) is 2.88. The minimum absolute atomic E-state index is 0.563. The fourth-order valence-electron chi connectivity index (χ4n) is 1.92. The molecule has 0 aliphatic carbocycles. The van der Waals surface area contributed by atoms with Gasteiger partial charge in [0.25, 0.3) is 0 Å². The van der Waals surface area contributed by atoms with Crippen molar-refractivity contribution in [3.05, 3.63) is 24.2 Å². The van der Waals surface area contributed by atoms with Crippen molar-refractivity contribution in [1.29, 1.82) is 0 Å². The highest BCUT2D eigenvalue weighted by atomic mass is 16.3. The van der Waals surface area contributed by atoms with E-state index in [0.717, 1.165) is 44.4 Å². The monoisotopic (exact) mass is 233 g/mol. The molecule has 0 amide bonds. The van der Waals surface area contributed by atoms with Gasteiger partial charge in [-0.15, -0.1) is 12.3 Å². The van der Waals surface area contributed by atoms with Gasteiger partial charge >= 0.3 is 0 Å². The summed E-state index contributed by atoms with van der Waals surface area (Å²) in [5.41, 5.74) is 0. The Labute approximate surface area is 105 Å². The largest absolute Gasteiger partial charge is 0.469 e. The van der Waals surface area contributed by atoms with E-state index in [1.165, 1.54) is 6.42 Å². The van der Waals surface area contributed by atoms with Crippen molar-refractivity contribution in [2.24, 2.45) is 0 Å². The van der Waals surface area contributed by atoms with Crippen molar-refractivity contribution in [2.45, 2.75) is 51.5 Å². The Morgan fingerprint density at radius 1 is 1.47 bits per heavy atom. The summed E-state index contributed by atoms with van der Waals surface area (Å²) in [6, 6.07) is 4.55. The number of aryl methyl sites for hydroxylation is 1. The van der Waals surface area contributed by atoms with Gasteiger partial charge in [0, 0.05) is 18.9 Å². The topological polar surface area (TPSA) is 25.2 Å². The summed E-state index contributed by atoms with van der Waals surface area (Å²) in [6.45, 7) is 3.27. The number of terminal acetylenes is 1. The SMILES string of the molecule is C#CCCCC(CCc1ccco1)NCCC. The quantitative estimate of drug-likeness (QED) is 0.522. The van der Waals surface area contributed by atoms with Gasteiger partial charge in [-0.25, -0.2) is 0 Å². The van der Waals surface area contributed by atoms with E-state index in [0.29, 0.717) is 6.04 Å². The van der Waals surface area contributed by atoms with Crippen molar-refractivity contribution in [2.75, 3.05) is 6.54 Å². The lowest BCUT2D eigenvalue weighted by atomic mass is 10.0. The summed E-state index contributed by atoms with van der Waals surface area (Å²) in [5, 5.41) is 3.58. The Morgan fingerprint density at radius 2 is 2.35 bits per heavy atom. The molecule has 1 heterocycles. The van der Waals surface area contributed by atoms with E-state index in [4.69, 9.17) is 10.8 Å². The summed E-state index contributed by atoms with van der Waals surface area (Å²) in [7, 11) is 0. The molecular formula is C15H23NO. The van der Waals surface area contributed by atoms with Crippen LogP contribution in [0.15, 0.2) is 22.8 Å². The predicted molar refractivity (Wildman–Crippen MR) is 71.8 cm³/mol. The molecule has 1 N–H and O–H groups in total. The molecule has 1 unspecified atom stereocenters. The van der Waals surface area contributed by atoms with Gasteiger partial charge in [-0.05, 0) is 44.4 Å². The number of furan rings is 1. The van der Waals surface area contributed by atoms with Crippen LogP contribution in [0.5, 0.6) is 0 Å². The minimum Gasteiger partial charge on any atom is -0.469 e. The second-order valence-electron chi connectivity index (χ2n) is 4.37. The molecule has 0 aromatic carbocycles. The van der Waals surface area contributed by atoms with Crippen LogP contribution in [0.25, 0.3) is 0 Å². The maximum absolute atomic E-state index is 5.35. The molecule has 0 aliphatic heterocycles. The number of unbranched alkanes of at least 4 members (excludes halogenated alkanes) is 1. The third-order valence-electron chi connectivity index (χ3n) is 2.88. The molecule has 0 radical (unpaired) electrons. The summed E-state index contributed by atoms with van der Waals surface area (Å²) >= 11 is 0. The fourth-order valence-corrected chi connectivity index (χ4v) is 1.92. The van der Waals surface area contributed by atoms with Gasteiger partial charge < -0.3 is 9.73 Å². The van der Waals surface area contributed by atoms with E-state index in [-0.39, 0.29) is 0 Å². The first-order valence-corrected chi connectivity index (χ1v) is 6.56. The molecule has 17 heavy (non-hydrogen) atoms. The molecule has 1 aromatic rings. The van der Waals surface area contributed by atoms with Crippen LogP contribution in [0.1, 0.15) is 44.8 Å². The molecule has 2 heteroatoms. The summed E-state index contributed by atoms with van der Waals surface area (Å²) in [6.07, 6.45) is 13.5. The highest BCUT2D eigenvalue weighted by Gasteiger charge is 2.08. The highest BCUT2D eigenvalue weighted by Crippen LogP contribution is 2.10. The molecule has 1 atom stereocenters. The molecule has 0 saturated heterocycles.